The number of unbranched alkanes of at least 4 members (excludes halogenated alkanes) is 1. The third-order valence-electron chi connectivity index (χ3n) is 4.98. The number of nitrogens with zero attached hydrogens (tertiary/aromatic N) is 2. The van der Waals surface area contributed by atoms with Crippen LogP contribution in [-0.2, 0) is 19.5 Å². The van der Waals surface area contributed by atoms with Crippen LogP contribution in [0.4, 0.5) is 0 Å². The van der Waals surface area contributed by atoms with Crippen molar-refractivity contribution < 1.29 is 14.3 Å². The smallest absolute Gasteiger partial charge is 0.287 e. The third-order valence-corrected chi connectivity index (χ3v) is 4.98. The molecule has 150 valence electrons. The number of hydrogen-bond acceptors (Lipinski definition) is 4. The molecular formula is C21H28N4O3. The minimum Gasteiger partial charge on any atom is -0.496 e. The molecule has 1 aromatic heterocycles. The van der Waals surface area contributed by atoms with Crippen LogP contribution in [0.1, 0.15) is 65.0 Å². The van der Waals surface area contributed by atoms with Crippen molar-refractivity contribution in [2.75, 3.05) is 13.7 Å². The fourth-order valence-electron chi connectivity index (χ4n) is 3.46. The average Bonchev–Trinajstić information content (AvgIpc) is 3.12. The predicted octanol–water partition coefficient (Wildman–Crippen LogP) is 2.69. The van der Waals surface area contributed by atoms with Crippen molar-refractivity contribution in [1.82, 2.24) is 20.2 Å². The average molecular weight is 384 g/mol. The predicted molar refractivity (Wildman–Crippen MR) is 107 cm³/mol. The molecule has 2 amide bonds. The van der Waals surface area contributed by atoms with Crippen molar-refractivity contribution in [3.8, 4) is 5.75 Å². The normalized spacial score (nSPS) is 12.9. The Hall–Kier alpha value is -2.83. The van der Waals surface area contributed by atoms with Crippen LogP contribution in [0.5, 0.6) is 5.75 Å². The van der Waals surface area contributed by atoms with E-state index in [0.717, 1.165) is 49.1 Å². The molecule has 0 radical (unpaired) electrons. The molecule has 2 aromatic rings. The van der Waals surface area contributed by atoms with Crippen LogP contribution >= 0.6 is 0 Å². The van der Waals surface area contributed by atoms with Gasteiger partial charge in [0.1, 0.15) is 11.4 Å². The van der Waals surface area contributed by atoms with E-state index in [1.165, 1.54) is 0 Å². The van der Waals surface area contributed by atoms with E-state index in [0.29, 0.717) is 31.2 Å². The van der Waals surface area contributed by atoms with Gasteiger partial charge in [0.05, 0.1) is 12.8 Å². The summed E-state index contributed by atoms with van der Waals surface area (Å²) in [4.78, 5) is 29.8. The van der Waals surface area contributed by atoms with Gasteiger partial charge in [-0.2, -0.15) is 0 Å². The first-order valence-electron chi connectivity index (χ1n) is 9.93. The number of carbonyl (C=O) groups is 2. The van der Waals surface area contributed by atoms with Crippen LogP contribution in [0, 0.1) is 0 Å². The number of imidazole rings is 1. The van der Waals surface area contributed by atoms with Gasteiger partial charge < -0.3 is 19.9 Å². The molecule has 3 rings (SSSR count). The second kappa shape index (κ2) is 9.39. The Kier molecular flexibility index (Phi) is 6.68. The van der Waals surface area contributed by atoms with E-state index in [9.17, 15) is 9.59 Å². The molecule has 0 spiro atoms. The molecule has 28 heavy (non-hydrogen) atoms. The molecule has 1 aliphatic heterocycles. The molecule has 7 nitrogen and oxygen atoms in total. The molecule has 0 saturated heterocycles. The summed E-state index contributed by atoms with van der Waals surface area (Å²) in [7, 11) is 1.61. The second-order valence-corrected chi connectivity index (χ2v) is 6.94. The summed E-state index contributed by atoms with van der Waals surface area (Å²) in [6, 6.07) is 7.56. The van der Waals surface area contributed by atoms with Gasteiger partial charge in [0.15, 0.2) is 5.82 Å². The minimum atomic E-state index is -0.276. The van der Waals surface area contributed by atoms with E-state index >= 15 is 0 Å². The fourth-order valence-corrected chi connectivity index (χ4v) is 3.46. The van der Waals surface area contributed by atoms with Gasteiger partial charge in [-0.15, -0.1) is 0 Å². The first-order chi connectivity index (χ1) is 13.7. The largest absolute Gasteiger partial charge is 0.496 e. The van der Waals surface area contributed by atoms with E-state index in [-0.39, 0.29) is 11.8 Å². The molecule has 0 aliphatic carbocycles. The highest BCUT2D eigenvalue weighted by Gasteiger charge is 2.27. The summed E-state index contributed by atoms with van der Waals surface area (Å²) in [6.07, 6.45) is 4.69. The number of carbonyl (C=O) groups excluding carboxylic acids is 2. The molecular weight excluding hydrogens is 356 g/mol. The van der Waals surface area contributed by atoms with Gasteiger partial charge >= 0.3 is 0 Å². The molecule has 1 aromatic carbocycles. The van der Waals surface area contributed by atoms with E-state index < -0.39 is 0 Å². The van der Waals surface area contributed by atoms with Gasteiger partial charge in [0.2, 0.25) is 0 Å². The number of methoxy groups -OCH3 is 1. The number of rotatable bonds is 8. The summed E-state index contributed by atoms with van der Waals surface area (Å²) < 4.78 is 7.23. The monoisotopic (exact) mass is 384 g/mol. The van der Waals surface area contributed by atoms with Crippen LogP contribution in [0.25, 0.3) is 0 Å². The molecule has 0 fully saturated rings. The van der Waals surface area contributed by atoms with E-state index in [1.807, 2.05) is 28.8 Å². The van der Waals surface area contributed by atoms with Gasteiger partial charge in [0.25, 0.3) is 11.8 Å². The van der Waals surface area contributed by atoms with Gasteiger partial charge in [-0.25, -0.2) is 4.98 Å². The Balaban J connectivity index is 1.77. The van der Waals surface area contributed by atoms with Crippen molar-refractivity contribution in [2.45, 2.75) is 52.1 Å². The Labute approximate surface area is 165 Å². The standard InChI is InChI=1S/C21H28N4O3/c1-3-4-12-22-20(26)18-16-10-7-8-13-25(16)19(24-18)21(27)23-14-15-9-5-6-11-17(15)28-2/h5-6,9,11H,3-4,7-8,10,12-14H2,1-2H3,(H,22,26)(H,23,27). The maximum atomic E-state index is 12.8. The first kappa shape index (κ1) is 19.9. The van der Waals surface area contributed by atoms with Crippen molar-refractivity contribution >= 4 is 11.8 Å². The van der Waals surface area contributed by atoms with Crippen LogP contribution < -0.4 is 15.4 Å². The lowest BCUT2D eigenvalue weighted by molar-refractivity contribution is 0.0934. The van der Waals surface area contributed by atoms with Gasteiger partial charge in [-0.05, 0) is 31.7 Å². The van der Waals surface area contributed by atoms with Gasteiger partial charge in [-0.3, -0.25) is 9.59 Å². The van der Waals surface area contributed by atoms with Crippen molar-refractivity contribution in [3.63, 3.8) is 0 Å². The minimum absolute atomic E-state index is 0.192. The number of nitrogens with one attached hydrogen (secondary N) is 2. The van der Waals surface area contributed by atoms with Crippen molar-refractivity contribution in [3.05, 3.63) is 47.0 Å². The van der Waals surface area contributed by atoms with Crippen LogP contribution in [0.2, 0.25) is 0 Å². The third kappa shape index (κ3) is 4.35. The van der Waals surface area contributed by atoms with E-state index in [2.05, 4.69) is 22.5 Å². The fraction of sp³-hybridized carbons (Fsp3) is 0.476. The van der Waals surface area contributed by atoms with Gasteiger partial charge in [-0.1, -0.05) is 31.5 Å². The number of para-hydroxylation sites is 1. The summed E-state index contributed by atoms with van der Waals surface area (Å²) in [5.74, 6) is 0.568. The number of aromatic nitrogens is 2. The number of hydrogen-bond donors (Lipinski definition) is 2. The lowest BCUT2D eigenvalue weighted by Gasteiger charge is -2.17. The highest BCUT2D eigenvalue weighted by molar-refractivity contribution is 5.97. The molecule has 0 unspecified atom stereocenters. The Morgan fingerprint density at radius 2 is 2.00 bits per heavy atom. The highest BCUT2D eigenvalue weighted by Crippen LogP contribution is 2.22. The Bertz CT molecular complexity index is 844. The zero-order valence-electron chi connectivity index (χ0n) is 16.6. The quantitative estimate of drug-likeness (QED) is 0.685. The lowest BCUT2D eigenvalue weighted by Crippen LogP contribution is -2.27. The number of fused-ring (bicyclic) bond motifs is 1. The van der Waals surface area contributed by atoms with Crippen LogP contribution in [-0.4, -0.2) is 35.0 Å². The maximum absolute atomic E-state index is 12.8. The van der Waals surface area contributed by atoms with Gasteiger partial charge in [0, 0.05) is 25.2 Å². The zero-order chi connectivity index (χ0) is 19.9. The molecule has 2 heterocycles. The summed E-state index contributed by atoms with van der Waals surface area (Å²) >= 11 is 0. The zero-order valence-corrected chi connectivity index (χ0v) is 16.6. The van der Waals surface area contributed by atoms with Crippen molar-refractivity contribution in [1.29, 1.82) is 0 Å². The SMILES string of the molecule is CCCCNC(=O)c1nc(C(=O)NCc2ccccc2OC)n2c1CCCC2. The van der Waals surface area contributed by atoms with Crippen LogP contribution in [0.15, 0.2) is 24.3 Å². The maximum Gasteiger partial charge on any atom is 0.287 e. The van der Waals surface area contributed by atoms with Crippen LogP contribution in [0.3, 0.4) is 0 Å². The summed E-state index contributed by atoms with van der Waals surface area (Å²) in [6.45, 7) is 3.75. The number of amides is 2. The second-order valence-electron chi connectivity index (χ2n) is 6.94. The Morgan fingerprint density at radius 3 is 2.79 bits per heavy atom. The van der Waals surface area contributed by atoms with Crippen molar-refractivity contribution in [2.24, 2.45) is 0 Å². The lowest BCUT2D eigenvalue weighted by atomic mass is 10.1. The van der Waals surface area contributed by atoms with E-state index in [4.69, 9.17) is 4.74 Å². The number of benzene rings is 1. The molecule has 7 heteroatoms. The van der Waals surface area contributed by atoms with E-state index in [1.54, 1.807) is 7.11 Å². The Morgan fingerprint density at radius 1 is 1.18 bits per heavy atom. The number of ether oxygens (including phenoxy) is 1. The molecule has 0 saturated carbocycles. The molecule has 1 aliphatic rings. The summed E-state index contributed by atoms with van der Waals surface area (Å²) in [5, 5.41) is 5.82. The highest BCUT2D eigenvalue weighted by atomic mass is 16.5. The molecule has 0 atom stereocenters. The molecule has 2 N–H and O–H groups in total. The first-order valence-corrected chi connectivity index (χ1v) is 9.93. The topological polar surface area (TPSA) is 85.2 Å². The molecule has 0 bridgehead atoms. The summed E-state index contributed by atoms with van der Waals surface area (Å²) in [5.41, 5.74) is 2.14.